The van der Waals surface area contributed by atoms with Gasteiger partial charge in [-0.25, -0.2) is 4.68 Å². The maximum atomic E-state index is 5.61. The van der Waals surface area contributed by atoms with Crippen LogP contribution in [0.15, 0.2) is 60.7 Å². The van der Waals surface area contributed by atoms with Crippen LogP contribution in [-0.4, -0.2) is 16.9 Å². The highest BCUT2D eigenvalue weighted by molar-refractivity contribution is 5.72. The van der Waals surface area contributed by atoms with Crippen LogP contribution >= 0.6 is 0 Å². The molecule has 0 bridgehead atoms. The van der Waals surface area contributed by atoms with Crippen molar-refractivity contribution in [3.63, 3.8) is 0 Å². The number of aryl methyl sites for hydroxylation is 1. The zero-order valence-electron chi connectivity index (χ0n) is 11.6. The molecule has 3 aromatic rings. The largest absolute Gasteiger partial charge is 0.480 e. The summed E-state index contributed by atoms with van der Waals surface area (Å²) < 4.78 is 7.45. The van der Waals surface area contributed by atoms with Gasteiger partial charge in [-0.05, 0) is 24.6 Å². The van der Waals surface area contributed by atoms with Crippen molar-refractivity contribution >= 4 is 0 Å². The molecule has 0 N–H and O–H groups in total. The molecule has 0 aliphatic carbocycles. The monoisotopic (exact) mass is 264 g/mol. The van der Waals surface area contributed by atoms with Crippen molar-refractivity contribution in [3.05, 3.63) is 66.4 Å². The SMILES string of the molecule is COc1c(-c2ccccc2)c(C)nn1-c1ccccc1. The lowest BCUT2D eigenvalue weighted by atomic mass is 10.1. The summed E-state index contributed by atoms with van der Waals surface area (Å²) in [5.74, 6) is 0.764. The van der Waals surface area contributed by atoms with Gasteiger partial charge in [0, 0.05) is 0 Å². The summed E-state index contributed by atoms with van der Waals surface area (Å²) in [5.41, 5.74) is 4.10. The molecule has 0 aliphatic rings. The van der Waals surface area contributed by atoms with Gasteiger partial charge in [0.15, 0.2) is 0 Å². The standard InChI is InChI=1S/C17H16N2O/c1-13-16(14-9-5-3-6-10-14)17(20-2)19(18-13)15-11-7-4-8-12-15/h3-12H,1-2H3. The molecule has 3 rings (SSSR count). The van der Waals surface area contributed by atoms with E-state index in [0.717, 1.165) is 28.4 Å². The van der Waals surface area contributed by atoms with E-state index in [1.165, 1.54) is 0 Å². The minimum Gasteiger partial charge on any atom is -0.480 e. The van der Waals surface area contributed by atoms with Crippen LogP contribution in [-0.2, 0) is 0 Å². The average Bonchev–Trinajstić information content (AvgIpc) is 2.85. The summed E-state index contributed by atoms with van der Waals surface area (Å²) in [6.45, 7) is 2.00. The molecule has 100 valence electrons. The molecule has 0 aliphatic heterocycles. The molecule has 1 aromatic heterocycles. The Morgan fingerprint density at radius 2 is 1.50 bits per heavy atom. The van der Waals surface area contributed by atoms with E-state index in [-0.39, 0.29) is 0 Å². The Labute approximate surface area is 118 Å². The lowest BCUT2D eigenvalue weighted by molar-refractivity contribution is 0.385. The second-order valence-electron chi connectivity index (χ2n) is 4.58. The van der Waals surface area contributed by atoms with E-state index < -0.39 is 0 Å². The summed E-state index contributed by atoms with van der Waals surface area (Å²) in [6, 6.07) is 20.2. The summed E-state index contributed by atoms with van der Waals surface area (Å²) in [6.07, 6.45) is 0. The van der Waals surface area contributed by atoms with Crippen LogP contribution in [0.25, 0.3) is 16.8 Å². The van der Waals surface area contributed by atoms with E-state index in [9.17, 15) is 0 Å². The average molecular weight is 264 g/mol. The van der Waals surface area contributed by atoms with Crippen molar-refractivity contribution in [1.82, 2.24) is 9.78 Å². The van der Waals surface area contributed by atoms with Crippen LogP contribution < -0.4 is 4.74 Å². The highest BCUT2D eigenvalue weighted by Gasteiger charge is 2.18. The van der Waals surface area contributed by atoms with Gasteiger partial charge >= 0.3 is 0 Å². The minimum atomic E-state index is 0.764. The van der Waals surface area contributed by atoms with Crippen LogP contribution in [0.1, 0.15) is 5.69 Å². The smallest absolute Gasteiger partial charge is 0.224 e. The first kappa shape index (κ1) is 12.5. The Morgan fingerprint density at radius 1 is 0.900 bits per heavy atom. The Hall–Kier alpha value is -2.55. The van der Waals surface area contributed by atoms with Crippen molar-refractivity contribution in [3.8, 4) is 22.7 Å². The fraction of sp³-hybridized carbons (Fsp3) is 0.118. The van der Waals surface area contributed by atoms with Crippen molar-refractivity contribution < 1.29 is 4.74 Å². The number of aromatic nitrogens is 2. The third kappa shape index (κ3) is 2.07. The lowest BCUT2D eigenvalue weighted by Crippen LogP contribution is -1.99. The zero-order chi connectivity index (χ0) is 13.9. The van der Waals surface area contributed by atoms with Gasteiger partial charge in [-0.1, -0.05) is 48.5 Å². The molecular formula is C17H16N2O. The molecule has 0 saturated heterocycles. The van der Waals surface area contributed by atoms with E-state index in [4.69, 9.17) is 4.74 Å². The summed E-state index contributed by atoms with van der Waals surface area (Å²) in [4.78, 5) is 0. The van der Waals surface area contributed by atoms with Crippen LogP contribution in [0.2, 0.25) is 0 Å². The molecule has 0 unspecified atom stereocenters. The van der Waals surface area contributed by atoms with Gasteiger partial charge in [-0.15, -0.1) is 0 Å². The summed E-state index contributed by atoms with van der Waals surface area (Å²) in [7, 11) is 1.68. The molecule has 0 amide bonds. The highest BCUT2D eigenvalue weighted by Crippen LogP contribution is 2.34. The topological polar surface area (TPSA) is 27.1 Å². The molecule has 0 saturated carbocycles. The summed E-state index contributed by atoms with van der Waals surface area (Å²) >= 11 is 0. The van der Waals surface area contributed by atoms with E-state index >= 15 is 0 Å². The first-order chi connectivity index (χ1) is 9.81. The molecule has 0 radical (unpaired) electrons. The zero-order valence-corrected chi connectivity index (χ0v) is 11.6. The van der Waals surface area contributed by atoms with E-state index in [1.54, 1.807) is 7.11 Å². The van der Waals surface area contributed by atoms with E-state index in [0.29, 0.717) is 0 Å². The molecular weight excluding hydrogens is 248 g/mol. The predicted molar refractivity (Wildman–Crippen MR) is 80.3 cm³/mol. The second-order valence-corrected chi connectivity index (χ2v) is 4.58. The normalized spacial score (nSPS) is 10.5. The number of nitrogens with zero attached hydrogens (tertiary/aromatic N) is 2. The second kappa shape index (κ2) is 5.21. The van der Waals surface area contributed by atoms with Gasteiger partial charge in [0.1, 0.15) is 0 Å². The van der Waals surface area contributed by atoms with Gasteiger partial charge in [0.05, 0.1) is 24.1 Å². The molecule has 3 heteroatoms. The molecule has 20 heavy (non-hydrogen) atoms. The Balaban J connectivity index is 2.21. The van der Waals surface area contributed by atoms with Crippen LogP contribution in [0, 0.1) is 6.92 Å². The number of benzene rings is 2. The van der Waals surface area contributed by atoms with Crippen LogP contribution in [0.5, 0.6) is 5.88 Å². The van der Waals surface area contributed by atoms with Crippen LogP contribution in [0.3, 0.4) is 0 Å². The third-order valence-corrected chi connectivity index (χ3v) is 3.27. The number of methoxy groups -OCH3 is 1. The maximum Gasteiger partial charge on any atom is 0.224 e. The van der Waals surface area contributed by atoms with Gasteiger partial charge in [0.2, 0.25) is 5.88 Å². The number of para-hydroxylation sites is 1. The molecule has 0 spiro atoms. The first-order valence-electron chi connectivity index (χ1n) is 6.55. The van der Waals surface area contributed by atoms with Gasteiger partial charge < -0.3 is 4.74 Å². The highest BCUT2D eigenvalue weighted by atomic mass is 16.5. The van der Waals surface area contributed by atoms with E-state index in [1.807, 2.05) is 60.1 Å². The molecule has 3 nitrogen and oxygen atoms in total. The number of hydrogen-bond donors (Lipinski definition) is 0. The molecule has 1 heterocycles. The number of hydrogen-bond acceptors (Lipinski definition) is 2. The van der Waals surface area contributed by atoms with Crippen molar-refractivity contribution in [2.24, 2.45) is 0 Å². The van der Waals surface area contributed by atoms with Crippen LogP contribution in [0.4, 0.5) is 0 Å². The van der Waals surface area contributed by atoms with Gasteiger partial charge in [-0.2, -0.15) is 5.10 Å². The number of rotatable bonds is 3. The fourth-order valence-corrected chi connectivity index (χ4v) is 2.38. The Morgan fingerprint density at radius 3 is 2.10 bits per heavy atom. The van der Waals surface area contributed by atoms with Gasteiger partial charge in [0.25, 0.3) is 0 Å². The fourth-order valence-electron chi connectivity index (χ4n) is 2.38. The summed E-state index contributed by atoms with van der Waals surface area (Å²) in [5, 5.41) is 4.62. The van der Waals surface area contributed by atoms with E-state index in [2.05, 4.69) is 17.2 Å². The quantitative estimate of drug-likeness (QED) is 0.718. The molecule has 2 aromatic carbocycles. The van der Waals surface area contributed by atoms with Crippen molar-refractivity contribution in [1.29, 1.82) is 0 Å². The Bertz CT molecular complexity index is 703. The predicted octanol–water partition coefficient (Wildman–Crippen LogP) is 3.86. The first-order valence-corrected chi connectivity index (χ1v) is 6.55. The maximum absolute atomic E-state index is 5.61. The molecule has 0 fully saturated rings. The lowest BCUT2D eigenvalue weighted by Gasteiger charge is -2.08. The number of ether oxygens (including phenoxy) is 1. The van der Waals surface area contributed by atoms with Crippen molar-refractivity contribution in [2.75, 3.05) is 7.11 Å². The Kier molecular flexibility index (Phi) is 3.25. The van der Waals surface area contributed by atoms with Gasteiger partial charge in [-0.3, -0.25) is 0 Å². The molecule has 0 atom stereocenters. The third-order valence-electron chi connectivity index (χ3n) is 3.27. The van der Waals surface area contributed by atoms with Crippen molar-refractivity contribution in [2.45, 2.75) is 6.92 Å². The minimum absolute atomic E-state index is 0.764.